The summed E-state index contributed by atoms with van der Waals surface area (Å²) in [5, 5.41) is 0. The van der Waals surface area contributed by atoms with E-state index >= 15 is 0 Å². The highest BCUT2D eigenvalue weighted by atomic mass is 16.6. The van der Waals surface area contributed by atoms with Crippen molar-refractivity contribution in [3.8, 4) is 0 Å². The zero-order valence-electron chi connectivity index (χ0n) is 23.6. The van der Waals surface area contributed by atoms with Crippen LogP contribution in [0.3, 0.4) is 0 Å². The van der Waals surface area contributed by atoms with Crippen molar-refractivity contribution in [1.29, 1.82) is 0 Å². The molecule has 0 rings (SSSR count). The molecular weight excluding hydrogens is 424 g/mol. The van der Waals surface area contributed by atoms with Crippen LogP contribution in [0.4, 0.5) is 0 Å². The molecule has 0 fully saturated rings. The molecule has 4 heteroatoms. The van der Waals surface area contributed by atoms with Gasteiger partial charge in [0.1, 0.15) is 0 Å². The maximum atomic E-state index is 12.8. The van der Waals surface area contributed by atoms with Crippen LogP contribution in [0.2, 0.25) is 0 Å². The van der Waals surface area contributed by atoms with Crippen molar-refractivity contribution in [3.05, 3.63) is 0 Å². The maximum absolute atomic E-state index is 12.8. The summed E-state index contributed by atoms with van der Waals surface area (Å²) in [7, 11) is 0. The van der Waals surface area contributed by atoms with Crippen LogP contribution in [0.1, 0.15) is 157 Å². The van der Waals surface area contributed by atoms with Gasteiger partial charge in [-0.3, -0.25) is 9.59 Å². The Morgan fingerprint density at radius 2 is 1.00 bits per heavy atom. The number of hydrogen-bond donors (Lipinski definition) is 0. The standard InChI is InChI=1S/C30H58O4/c1-6-10-11-12-13-14-15-16-17-18-19-20-21-22-23-25-33-28(31)30(8-3,9-4)29(32)34-26-27(5)24-7-2/h27H,6-26H2,1-5H3. The molecule has 0 heterocycles. The normalized spacial score (nSPS) is 12.5. The van der Waals surface area contributed by atoms with Gasteiger partial charge in [0, 0.05) is 0 Å². The molecule has 0 bridgehead atoms. The zero-order valence-corrected chi connectivity index (χ0v) is 23.6. The minimum absolute atomic E-state index is 0.316. The molecule has 0 saturated heterocycles. The van der Waals surface area contributed by atoms with Crippen molar-refractivity contribution in [1.82, 2.24) is 0 Å². The predicted octanol–water partition coefficient (Wildman–Crippen LogP) is 9.19. The number of carbonyl (C=O) groups excluding carboxylic acids is 2. The average Bonchev–Trinajstić information content (AvgIpc) is 2.83. The highest BCUT2D eigenvalue weighted by molar-refractivity contribution is 6.00. The number of esters is 2. The van der Waals surface area contributed by atoms with Crippen LogP contribution in [0.15, 0.2) is 0 Å². The SMILES string of the molecule is CCCCCCCCCCCCCCCCCOC(=O)C(CC)(CC)C(=O)OCC(C)CCC. The van der Waals surface area contributed by atoms with Crippen molar-refractivity contribution in [2.45, 2.75) is 157 Å². The second-order valence-electron chi connectivity index (χ2n) is 10.4. The van der Waals surface area contributed by atoms with E-state index < -0.39 is 17.4 Å². The van der Waals surface area contributed by atoms with E-state index in [4.69, 9.17) is 9.47 Å². The summed E-state index contributed by atoms with van der Waals surface area (Å²) < 4.78 is 11.1. The fourth-order valence-electron chi connectivity index (χ4n) is 4.62. The molecule has 202 valence electrons. The Morgan fingerprint density at radius 3 is 1.41 bits per heavy atom. The third-order valence-electron chi connectivity index (χ3n) is 7.25. The lowest BCUT2D eigenvalue weighted by atomic mass is 9.82. The minimum Gasteiger partial charge on any atom is -0.465 e. The number of ether oxygens (including phenoxy) is 2. The molecule has 0 aliphatic carbocycles. The summed E-state index contributed by atoms with van der Waals surface area (Å²) in [5.41, 5.74) is -1.15. The lowest BCUT2D eigenvalue weighted by Gasteiger charge is -2.27. The Kier molecular flexibility index (Phi) is 21.7. The fraction of sp³-hybridized carbons (Fsp3) is 0.933. The van der Waals surface area contributed by atoms with Crippen LogP contribution < -0.4 is 0 Å². The van der Waals surface area contributed by atoms with Gasteiger partial charge >= 0.3 is 11.9 Å². The first-order valence-electron chi connectivity index (χ1n) is 14.8. The van der Waals surface area contributed by atoms with E-state index in [2.05, 4.69) is 20.8 Å². The molecule has 0 saturated carbocycles. The van der Waals surface area contributed by atoms with Crippen molar-refractivity contribution in [2.75, 3.05) is 13.2 Å². The summed E-state index contributed by atoms with van der Waals surface area (Å²) in [6.45, 7) is 11.0. The zero-order chi connectivity index (χ0) is 25.5. The van der Waals surface area contributed by atoms with Crippen LogP contribution in [0.5, 0.6) is 0 Å². The maximum Gasteiger partial charge on any atom is 0.323 e. The number of rotatable bonds is 24. The summed E-state index contributed by atoms with van der Waals surface area (Å²) >= 11 is 0. The highest BCUT2D eigenvalue weighted by Gasteiger charge is 2.45. The molecule has 4 nitrogen and oxygen atoms in total. The van der Waals surface area contributed by atoms with Gasteiger partial charge in [-0.05, 0) is 31.6 Å². The summed E-state index contributed by atoms with van der Waals surface area (Å²) in [5.74, 6) is -0.505. The van der Waals surface area contributed by atoms with Crippen LogP contribution >= 0.6 is 0 Å². The molecule has 0 radical (unpaired) electrons. The van der Waals surface area contributed by atoms with Gasteiger partial charge < -0.3 is 9.47 Å². The van der Waals surface area contributed by atoms with Gasteiger partial charge in [-0.25, -0.2) is 0 Å². The number of unbranched alkanes of at least 4 members (excludes halogenated alkanes) is 14. The van der Waals surface area contributed by atoms with Gasteiger partial charge in [0.2, 0.25) is 0 Å². The van der Waals surface area contributed by atoms with Gasteiger partial charge in [0.05, 0.1) is 13.2 Å². The Balaban J connectivity index is 3.85. The lowest BCUT2D eigenvalue weighted by Crippen LogP contribution is -2.41. The molecule has 0 aromatic rings. The summed E-state index contributed by atoms with van der Waals surface area (Å²) in [6, 6.07) is 0. The molecule has 0 spiro atoms. The van der Waals surface area contributed by atoms with Crippen molar-refractivity contribution >= 4 is 11.9 Å². The van der Waals surface area contributed by atoms with E-state index in [0.29, 0.717) is 32.0 Å². The monoisotopic (exact) mass is 482 g/mol. The minimum atomic E-state index is -1.15. The first-order chi connectivity index (χ1) is 16.5. The topological polar surface area (TPSA) is 52.6 Å². The molecule has 1 atom stereocenters. The smallest absolute Gasteiger partial charge is 0.323 e. The molecule has 0 amide bonds. The Hall–Kier alpha value is -1.06. The average molecular weight is 483 g/mol. The third kappa shape index (κ3) is 15.0. The summed E-state index contributed by atoms with van der Waals surface area (Å²) in [6.07, 6.45) is 22.5. The molecule has 0 aromatic carbocycles. The first-order valence-corrected chi connectivity index (χ1v) is 14.8. The van der Waals surface area contributed by atoms with E-state index in [9.17, 15) is 9.59 Å². The van der Waals surface area contributed by atoms with Gasteiger partial charge in [-0.1, -0.05) is 131 Å². The van der Waals surface area contributed by atoms with Crippen molar-refractivity contribution in [2.24, 2.45) is 11.3 Å². The van der Waals surface area contributed by atoms with E-state index in [0.717, 1.165) is 25.7 Å². The van der Waals surface area contributed by atoms with Gasteiger partial charge in [0.25, 0.3) is 0 Å². The van der Waals surface area contributed by atoms with E-state index in [1.165, 1.54) is 83.5 Å². The molecule has 34 heavy (non-hydrogen) atoms. The number of hydrogen-bond acceptors (Lipinski definition) is 4. The molecule has 0 aromatic heterocycles. The largest absolute Gasteiger partial charge is 0.465 e. The Labute approximate surface area is 212 Å². The first kappa shape index (κ1) is 32.9. The highest BCUT2D eigenvalue weighted by Crippen LogP contribution is 2.30. The van der Waals surface area contributed by atoms with Crippen LogP contribution in [-0.2, 0) is 19.1 Å². The van der Waals surface area contributed by atoms with E-state index in [-0.39, 0.29) is 0 Å². The molecule has 0 aliphatic rings. The van der Waals surface area contributed by atoms with Gasteiger partial charge in [0.15, 0.2) is 5.41 Å². The van der Waals surface area contributed by atoms with Crippen molar-refractivity contribution < 1.29 is 19.1 Å². The van der Waals surface area contributed by atoms with Crippen LogP contribution in [0, 0.1) is 11.3 Å². The van der Waals surface area contributed by atoms with E-state index in [1.54, 1.807) is 0 Å². The summed E-state index contributed by atoms with van der Waals surface area (Å²) in [4.78, 5) is 25.5. The third-order valence-corrected chi connectivity index (χ3v) is 7.25. The molecule has 0 N–H and O–H groups in total. The van der Waals surface area contributed by atoms with Crippen molar-refractivity contribution in [3.63, 3.8) is 0 Å². The van der Waals surface area contributed by atoms with Gasteiger partial charge in [-0.15, -0.1) is 0 Å². The predicted molar refractivity (Wildman–Crippen MR) is 144 cm³/mol. The quantitative estimate of drug-likeness (QED) is 0.0781. The number of carbonyl (C=O) groups is 2. The second-order valence-corrected chi connectivity index (χ2v) is 10.4. The molecular formula is C30H58O4. The fourth-order valence-corrected chi connectivity index (χ4v) is 4.62. The van der Waals surface area contributed by atoms with E-state index in [1.807, 2.05) is 13.8 Å². The Morgan fingerprint density at radius 1 is 0.588 bits per heavy atom. The second kappa shape index (κ2) is 22.4. The van der Waals surface area contributed by atoms with Gasteiger partial charge in [-0.2, -0.15) is 0 Å². The Bertz CT molecular complexity index is 484. The van der Waals surface area contributed by atoms with Crippen LogP contribution in [0.25, 0.3) is 0 Å². The molecule has 1 unspecified atom stereocenters. The lowest BCUT2D eigenvalue weighted by molar-refractivity contribution is -0.174. The molecule has 0 aliphatic heterocycles. The van der Waals surface area contributed by atoms with Crippen LogP contribution in [-0.4, -0.2) is 25.2 Å².